The van der Waals surface area contributed by atoms with E-state index in [1.54, 1.807) is 6.92 Å². The molecule has 1 heteroatoms. The van der Waals surface area contributed by atoms with Gasteiger partial charge in [-0.2, -0.15) is 0 Å². The first-order valence-corrected chi connectivity index (χ1v) is 7.70. The normalized spacial score (nSPS) is 10.0. The minimum absolute atomic E-state index is 0.259. The molecule has 0 saturated carbocycles. The summed E-state index contributed by atoms with van der Waals surface area (Å²) in [5, 5.41) is 2.65. The highest BCUT2D eigenvalue weighted by atomic mass is 16.1. The minimum Gasteiger partial charge on any atom is -0.300 e. The number of benzene rings is 2. The minimum atomic E-state index is 0.259. The van der Waals surface area contributed by atoms with E-state index in [1.165, 1.54) is 28.3 Å². The van der Waals surface area contributed by atoms with Gasteiger partial charge in [0.05, 0.1) is 0 Å². The third kappa shape index (κ3) is 4.48. The second-order valence-corrected chi connectivity index (χ2v) is 4.92. The van der Waals surface area contributed by atoms with Crippen LogP contribution in [0.4, 0.5) is 0 Å². The third-order valence-electron chi connectivity index (χ3n) is 3.32. The van der Waals surface area contributed by atoms with E-state index in [0.29, 0.717) is 6.42 Å². The Bertz CT molecular complexity index is 555. The maximum Gasteiger partial charge on any atom is 0.130 e. The maximum absolute atomic E-state index is 11.0. The van der Waals surface area contributed by atoms with E-state index in [2.05, 4.69) is 43.3 Å². The summed E-state index contributed by atoms with van der Waals surface area (Å²) >= 11 is 0. The van der Waals surface area contributed by atoms with Crippen LogP contribution in [0, 0.1) is 0 Å². The first-order valence-electron chi connectivity index (χ1n) is 7.70. The molecule has 0 bridgehead atoms. The molecule has 0 aliphatic carbocycles. The monoisotopic (exact) mass is 270 g/mol. The van der Waals surface area contributed by atoms with Crippen molar-refractivity contribution in [3.8, 4) is 0 Å². The molecule has 0 atom stereocenters. The zero-order valence-corrected chi connectivity index (χ0v) is 13.2. The molecule has 0 fully saturated rings. The van der Waals surface area contributed by atoms with Gasteiger partial charge in [0.15, 0.2) is 0 Å². The summed E-state index contributed by atoms with van der Waals surface area (Å²) in [7, 11) is 0. The van der Waals surface area contributed by atoms with Gasteiger partial charge in [-0.3, -0.25) is 0 Å². The number of rotatable bonds is 5. The Morgan fingerprint density at radius 1 is 1.05 bits per heavy atom. The van der Waals surface area contributed by atoms with Crippen LogP contribution in [0.3, 0.4) is 0 Å². The van der Waals surface area contributed by atoms with Gasteiger partial charge < -0.3 is 4.79 Å². The summed E-state index contributed by atoms with van der Waals surface area (Å²) in [5.74, 6) is 0.259. The van der Waals surface area contributed by atoms with Crippen molar-refractivity contribution in [2.24, 2.45) is 0 Å². The molecule has 1 nitrogen and oxygen atoms in total. The number of hydrogen-bond acceptors (Lipinski definition) is 1. The van der Waals surface area contributed by atoms with E-state index in [1.807, 2.05) is 13.8 Å². The quantitative estimate of drug-likeness (QED) is 0.716. The number of fused-ring (bicyclic) bond motifs is 1. The molecule has 2 aromatic rings. The van der Waals surface area contributed by atoms with Crippen molar-refractivity contribution in [3.05, 3.63) is 47.5 Å². The van der Waals surface area contributed by atoms with Gasteiger partial charge >= 0.3 is 0 Å². The van der Waals surface area contributed by atoms with Crippen molar-refractivity contribution < 1.29 is 4.79 Å². The maximum atomic E-state index is 11.0. The second-order valence-electron chi connectivity index (χ2n) is 4.92. The van der Waals surface area contributed by atoms with E-state index >= 15 is 0 Å². The topological polar surface area (TPSA) is 17.1 Å². The van der Waals surface area contributed by atoms with Crippen molar-refractivity contribution in [1.29, 1.82) is 0 Å². The second kappa shape index (κ2) is 8.52. The van der Waals surface area contributed by atoms with Crippen LogP contribution in [-0.2, 0) is 17.6 Å². The zero-order valence-electron chi connectivity index (χ0n) is 13.2. The fraction of sp³-hybridized carbons (Fsp3) is 0.421. The van der Waals surface area contributed by atoms with Gasteiger partial charge in [0, 0.05) is 6.42 Å². The Morgan fingerprint density at radius 2 is 1.80 bits per heavy atom. The third-order valence-corrected chi connectivity index (χ3v) is 3.32. The molecular weight excluding hydrogens is 244 g/mol. The molecule has 0 unspecified atom stereocenters. The summed E-state index contributed by atoms with van der Waals surface area (Å²) in [5.41, 5.74) is 2.68. The average Bonchev–Trinajstić information content (AvgIpc) is 2.47. The highest BCUT2D eigenvalue weighted by Gasteiger charge is 2.02. The predicted octanol–water partition coefficient (Wildman–Crippen LogP) is 5.34. The lowest BCUT2D eigenvalue weighted by Crippen LogP contribution is -1.94. The molecule has 20 heavy (non-hydrogen) atoms. The molecule has 0 aliphatic rings. The highest BCUT2D eigenvalue weighted by molar-refractivity contribution is 5.86. The fourth-order valence-electron chi connectivity index (χ4n) is 2.36. The first kappa shape index (κ1) is 16.4. The van der Waals surface area contributed by atoms with Crippen LogP contribution in [0.1, 0.15) is 51.7 Å². The molecule has 0 radical (unpaired) electrons. The first-order chi connectivity index (χ1) is 9.70. The molecule has 0 aliphatic heterocycles. The highest BCUT2D eigenvalue weighted by Crippen LogP contribution is 2.22. The SMILES string of the molecule is CC.CCCc1cccc2cc(CCC(C)=O)ccc12. The van der Waals surface area contributed by atoms with Gasteiger partial charge in [0.2, 0.25) is 0 Å². The van der Waals surface area contributed by atoms with E-state index in [-0.39, 0.29) is 5.78 Å². The average molecular weight is 270 g/mol. The Hall–Kier alpha value is -1.63. The predicted molar refractivity (Wildman–Crippen MR) is 88.3 cm³/mol. The fourth-order valence-corrected chi connectivity index (χ4v) is 2.36. The molecule has 108 valence electrons. The van der Waals surface area contributed by atoms with Crippen LogP contribution < -0.4 is 0 Å². The molecule has 0 spiro atoms. The Kier molecular flexibility index (Phi) is 7.00. The molecular formula is C19H26O. The van der Waals surface area contributed by atoms with Gasteiger partial charge in [-0.15, -0.1) is 0 Å². The molecule has 0 N–H and O–H groups in total. The van der Waals surface area contributed by atoms with Crippen LogP contribution in [0.2, 0.25) is 0 Å². The Balaban J connectivity index is 0.000000956. The lowest BCUT2D eigenvalue weighted by molar-refractivity contribution is -0.116. The number of hydrogen-bond donors (Lipinski definition) is 0. The molecule has 2 aromatic carbocycles. The van der Waals surface area contributed by atoms with E-state index in [9.17, 15) is 4.79 Å². The number of carbonyl (C=O) groups is 1. The lowest BCUT2D eigenvalue weighted by atomic mass is 9.98. The van der Waals surface area contributed by atoms with E-state index < -0.39 is 0 Å². The summed E-state index contributed by atoms with van der Waals surface area (Å²) in [6, 6.07) is 13.1. The van der Waals surface area contributed by atoms with Crippen molar-refractivity contribution in [3.63, 3.8) is 0 Å². The largest absolute Gasteiger partial charge is 0.300 e. The van der Waals surface area contributed by atoms with E-state index in [0.717, 1.165) is 12.8 Å². The molecule has 0 saturated heterocycles. The molecule has 0 heterocycles. The summed E-state index contributed by atoms with van der Waals surface area (Å²) in [6.45, 7) is 7.86. The molecule has 0 amide bonds. The Morgan fingerprint density at radius 3 is 2.45 bits per heavy atom. The van der Waals surface area contributed by atoms with Crippen LogP contribution in [0.15, 0.2) is 36.4 Å². The number of ketones is 1. The van der Waals surface area contributed by atoms with Gasteiger partial charge in [-0.05, 0) is 41.7 Å². The van der Waals surface area contributed by atoms with Crippen molar-refractivity contribution in [2.45, 2.75) is 53.4 Å². The number of aryl methyl sites for hydroxylation is 2. The Labute approximate surface area is 123 Å². The summed E-state index contributed by atoms with van der Waals surface area (Å²) < 4.78 is 0. The summed E-state index contributed by atoms with van der Waals surface area (Å²) in [6.07, 6.45) is 3.79. The van der Waals surface area contributed by atoms with Crippen LogP contribution >= 0.6 is 0 Å². The standard InChI is InChI=1S/C17H20O.C2H6/c1-3-5-15-6-4-7-16-12-14(9-8-13(2)18)10-11-17(15)16;1-2/h4,6-7,10-12H,3,5,8-9H2,1-2H3;1-2H3. The number of carbonyl (C=O) groups excluding carboxylic acids is 1. The molecule has 0 aromatic heterocycles. The van der Waals surface area contributed by atoms with Gasteiger partial charge in [-0.1, -0.05) is 63.6 Å². The summed E-state index contributed by atoms with van der Waals surface area (Å²) in [4.78, 5) is 11.0. The van der Waals surface area contributed by atoms with Crippen molar-refractivity contribution in [2.75, 3.05) is 0 Å². The van der Waals surface area contributed by atoms with Crippen LogP contribution in [0.5, 0.6) is 0 Å². The van der Waals surface area contributed by atoms with Gasteiger partial charge in [0.1, 0.15) is 5.78 Å². The lowest BCUT2D eigenvalue weighted by Gasteiger charge is -2.07. The molecule has 2 rings (SSSR count). The van der Waals surface area contributed by atoms with E-state index in [4.69, 9.17) is 0 Å². The van der Waals surface area contributed by atoms with Gasteiger partial charge in [0.25, 0.3) is 0 Å². The van der Waals surface area contributed by atoms with Crippen LogP contribution in [0.25, 0.3) is 10.8 Å². The number of Topliss-reactive ketones (excluding diaryl/α,β-unsaturated/α-hetero) is 1. The van der Waals surface area contributed by atoms with Crippen molar-refractivity contribution >= 4 is 16.6 Å². The van der Waals surface area contributed by atoms with Crippen LogP contribution in [-0.4, -0.2) is 5.78 Å². The van der Waals surface area contributed by atoms with Gasteiger partial charge in [-0.25, -0.2) is 0 Å². The van der Waals surface area contributed by atoms with Crippen molar-refractivity contribution in [1.82, 2.24) is 0 Å². The smallest absolute Gasteiger partial charge is 0.130 e. The zero-order chi connectivity index (χ0) is 15.0.